The third-order valence-corrected chi connectivity index (χ3v) is 8.06. The highest BCUT2D eigenvalue weighted by atomic mass is 79.9. The van der Waals surface area contributed by atoms with E-state index in [1.54, 1.807) is 12.1 Å². The molecule has 1 aromatic carbocycles. The highest BCUT2D eigenvalue weighted by Crippen LogP contribution is 2.43. The zero-order valence-electron chi connectivity index (χ0n) is 15.9. The highest BCUT2D eigenvalue weighted by Gasteiger charge is 2.52. The van der Waals surface area contributed by atoms with Gasteiger partial charge in [-0.15, -0.1) is 0 Å². The lowest BCUT2D eigenvalue weighted by Gasteiger charge is -2.29. The van der Waals surface area contributed by atoms with Crippen LogP contribution in [0.5, 0.6) is 0 Å². The van der Waals surface area contributed by atoms with Gasteiger partial charge in [-0.1, -0.05) is 57.0 Å². The van der Waals surface area contributed by atoms with Crippen molar-refractivity contribution in [3.05, 3.63) is 29.8 Å². The van der Waals surface area contributed by atoms with E-state index in [1.165, 1.54) is 0 Å². The first-order chi connectivity index (χ1) is 13.8. The van der Waals surface area contributed by atoms with Crippen LogP contribution in [0.25, 0.3) is 0 Å². The Hall–Kier alpha value is -1.74. The summed E-state index contributed by atoms with van der Waals surface area (Å²) in [7, 11) is 0. The summed E-state index contributed by atoms with van der Waals surface area (Å²) in [5, 5.41) is 2.70. The van der Waals surface area contributed by atoms with E-state index in [4.69, 9.17) is 4.74 Å². The minimum Gasteiger partial charge on any atom is -0.454 e. The van der Waals surface area contributed by atoms with Crippen molar-refractivity contribution in [3.8, 4) is 0 Å². The van der Waals surface area contributed by atoms with Gasteiger partial charge >= 0.3 is 5.97 Å². The maximum atomic E-state index is 12.6. The monoisotopic (exact) mass is 528 g/mol. The molecule has 0 aromatic heterocycles. The summed E-state index contributed by atoms with van der Waals surface area (Å²) in [5.74, 6) is -2.78. The van der Waals surface area contributed by atoms with E-state index in [0.29, 0.717) is 18.5 Å². The van der Waals surface area contributed by atoms with Crippen LogP contribution in [-0.2, 0) is 30.3 Å². The molecule has 1 saturated carbocycles. The number of benzene rings is 1. The topological polar surface area (TPSA) is 92.8 Å². The Kier molecular flexibility index (Phi) is 7.10. The second-order valence-electron chi connectivity index (χ2n) is 7.20. The van der Waals surface area contributed by atoms with Gasteiger partial charge in [0.25, 0.3) is 5.91 Å². The molecule has 3 amide bonds. The average Bonchev–Trinajstić information content (AvgIpc) is 2.91. The minimum absolute atomic E-state index is 0.0992. The van der Waals surface area contributed by atoms with Gasteiger partial charge in [-0.25, -0.2) is 0 Å². The Labute approximate surface area is 185 Å². The minimum atomic E-state index is -0.782. The largest absolute Gasteiger partial charge is 0.454 e. The molecule has 7 nitrogen and oxygen atoms in total. The number of amides is 3. The Morgan fingerprint density at radius 3 is 2.28 bits per heavy atom. The van der Waals surface area contributed by atoms with Gasteiger partial charge in [-0.05, 0) is 30.9 Å². The van der Waals surface area contributed by atoms with Crippen LogP contribution in [0.15, 0.2) is 24.3 Å². The number of alkyl halides is 2. The summed E-state index contributed by atoms with van der Waals surface area (Å²) in [6.07, 6.45) is 1.83. The standard InChI is InChI=1S/C20H22Br2N2O5/c1-2-11-5-3-4-6-16(11)23-17(25)10-29-18(26)9-24-19(27)12-7-14(21)15(22)8-13(12)20(24)28/h3-6,12-15H,2,7-10H2,1H3,(H,23,25)/t12-,13-,14+,15+/m1/s1. The predicted octanol–water partition coefficient (Wildman–Crippen LogP) is 2.65. The molecule has 1 saturated heterocycles. The predicted molar refractivity (Wildman–Crippen MR) is 114 cm³/mol. The molecule has 0 unspecified atom stereocenters. The number of rotatable bonds is 6. The van der Waals surface area contributed by atoms with Crippen LogP contribution in [-0.4, -0.2) is 51.4 Å². The summed E-state index contributed by atoms with van der Waals surface area (Å²) < 4.78 is 4.99. The third kappa shape index (κ3) is 4.88. The van der Waals surface area contributed by atoms with E-state index in [9.17, 15) is 19.2 Å². The molecule has 1 heterocycles. The number of esters is 1. The number of likely N-dealkylation sites (tertiary alicyclic amines) is 1. The third-order valence-electron chi connectivity index (χ3n) is 5.33. The maximum absolute atomic E-state index is 12.6. The quantitative estimate of drug-likeness (QED) is 0.347. The van der Waals surface area contributed by atoms with Gasteiger partial charge in [-0.3, -0.25) is 24.1 Å². The average molecular weight is 530 g/mol. The number of ether oxygens (including phenoxy) is 1. The molecular weight excluding hydrogens is 508 g/mol. The van der Waals surface area contributed by atoms with Crippen LogP contribution in [0.2, 0.25) is 0 Å². The number of hydrogen-bond acceptors (Lipinski definition) is 5. The van der Waals surface area contributed by atoms with Crippen LogP contribution in [0.3, 0.4) is 0 Å². The first-order valence-corrected chi connectivity index (χ1v) is 11.3. The number of aryl methyl sites for hydroxylation is 1. The number of carbonyl (C=O) groups excluding carboxylic acids is 4. The summed E-state index contributed by atoms with van der Waals surface area (Å²) in [6, 6.07) is 7.36. The lowest BCUT2D eigenvalue weighted by Crippen LogP contribution is -2.37. The van der Waals surface area contributed by atoms with Gasteiger partial charge in [0.15, 0.2) is 6.61 Å². The zero-order chi connectivity index (χ0) is 21.1. The lowest BCUT2D eigenvalue weighted by atomic mass is 9.81. The molecule has 1 aliphatic heterocycles. The molecule has 29 heavy (non-hydrogen) atoms. The van der Waals surface area contributed by atoms with Gasteiger partial charge in [0.2, 0.25) is 11.8 Å². The summed E-state index contributed by atoms with van der Waals surface area (Å²) in [4.78, 5) is 50.5. The number of para-hydroxylation sites is 1. The number of fused-ring (bicyclic) bond motifs is 1. The van der Waals surface area contributed by atoms with Crippen molar-refractivity contribution in [2.75, 3.05) is 18.5 Å². The number of anilines is 1. The van der Waals surface area contributed by atoms with Gasteiger partial charge in [0.1, 0.15) is 6.54 Å². The number of nitrogens with one attached hydrogen (secondary N) is 1. The number of carbonyl (C=O) groups is 4. The Balaban J connectivity index is 1.52. The molecule has 4 atom stereocenters. The summed E-state index contributed by atoms with van der Waals surface area (Å²) in [6.45, 7) is 1.03. The van der Waals surface area contributed by atoms with E-state index in [2.05, 4.69) is 37.2 Å². The Morgan fingerprint density at radius 1 is 1.10 bits per heavy atom. The molecule has 0 bridgehead atoms. The molecule has 0 spiro atoms. The Morgan fingerprint density at radius 2 is 1.69 bits per heavy atom. The number of hydrogen-bond donors (Lipinski definition) is 1. The highest BCUT2D eigenvalue weighted by molar-refractivity contribution is 9.12. The SMILES string of the molecule is CCc1ccccc1NC(=O)COC(=O)CN1C(=O)[C@@H]2C[C@H](Br)[C@@H](Br)C[C@H]2C1=O. The van der Waals surface area contributed by atoms with Gasteiger partial charge in [-0.2, -0.15) is 0 Å². The zero-order valence-corrected chi connectivity index (χ0v) is 19.1. The van der Waals surface area contributed by atoms with Gasteiger partial charge < -0.3 is 10.1 Å². The van der Waals surface area contributed by atoms with Crippen molar-refractivity contribution in [2.45, 2.75) is 35.8 Å². The van der Waals surface area contributed by atoms with E-state index in [-0.39, 0.29) is 21.5 Å². The summed E-state index contributed by atoms with van der Waals surface area (Å²) >= 11 is 7.04. The van der Waals surface area contributed by atoms with Crippen molar-refractivity contribution in [1.82, 2.24) is 4.90 Å². The fourth-order valence-electron chi connectivity index (χ4n) is 3.78. The normalized spacial score (nSPS) is 26.2. The molecule has 1 aromatic rings. The second kappa shape index (κ2) is 9.38. The molecule has 1 aliphatic carbocycles. The molecule has 156 valence electrons. The molecule has 0 radical (unpaired) electrons. The molecule has 3 rings (SSSR count). The molecule has 2 fully saturated rings. The van der Waals surface area contributed by atoms with Crippen molar-refractivity contribution in [1.29, 1.82) is 0 Å². The first-order valence-electron chi connectivity index (χ1n) is 9.48. The van der Waals surface area contributed by atoms with E-state index >= 15 is 0 Å². The Bertz CT molecular complexity index is 803. The van der Waals surface area contributed by atoms with Gasteiger partial charge in [0.05, 0.1) is 11.8 Å². The van der Waals surface area contributed by atoms with E-state index < -0.39 is 36.9 Å². The van der Waals surface area contributed by atoms with Crippen molar-refractivity contribution in [3.63, 3.8) is 0 Å². The molecule has 2 aliphatic rings. The van der Waals surface area contributed by atoms with Crippen LogP contribution in [0.4, 0.5) is 5.69 Å². The molecule has 9 heteroatoms. The number of imide groups is 1. The van der Waals surface area contributed by atoms with Crippen LogP contribution >= 0.6 is 31.9 Å². The van der Waals surface area contributed by atoms with Crippen molar-refractivity contribution < 1.29 is 23.9 Å². The molecule has 1 N–H and O–H groups in total. The molecular formula is C20H22Br2N2O5. The van der Waals surface area contributed by atoms with Crippen LogP contribution in [0, 0.1) is 11.8 Å². The summed E-state index contributed by atoms with van der Waals surface area (Å²) in [5.41, 5.74) is 1.64. The fraction of sp³-hybridized carbons (Fsp3) is 0.500. The maximum Gasteiger partial charge on any atom is 0.326 e. The van der Waals surface area contributed by atoms with Crippen molar-refractivity contribution in [2.24, 2.45) is 11.8 Å². The van der Waals surface area contributed by atoms with E-state index in [1.807, 2.05) is 19.1 Å². The van der Waals surface area contributed by atoms with Crippen LogP contribution in [0.1, 0.15) is 25.3 Å². The first kappa shape index (κ1) is 22.0. The van der Waals surface area contributed by atoms with Gasteiger partial charge in [0, 0.05) is 15.3 Å². The second-order valence-corrected chi connectivity index (χ2v) is 9.55. The fourth-order valence-corrected chi connectivity index (χ4v) is 5.01. The van der Waals surface area contributed by atoms with Crippen molar-refractivity contribution >= 4 is 61.2 Å². The lowest BCUT2D eigenvalue weighted by molar-refractivity contribution is -0.154. The van der Waals surface area contributed by atoms with Crippen LogP contribution < -0.4 is 5.32 Å². The number of halogens is 2. The number of nitrogens with zero attached hydrogens (tertiary/aromatic N) is 1. The van der Waals surface area contributed by atoms with E-state index in [0.717, 1.165) is 16.9 Å². The smallest absolute Gasteiger partial charge is 0.326 e.